The van der Waals surface area contributed by atoms with Gasteiger partial charge in [0, 0.05) is 5.02 Å². The van der Waals surface area contributed by atoms with Crippen LogP contribution in [0.3, 0.4) is 0 Å². The van der Waals surface area contributed by atoms with Gasteiger partial charge in [-0.25, -0.2) is 0 Å². The van der Waals surface area contributed by atoms with Gasteiger partial charge in [-0.15, -0.1) is 23.2 Å². The Labute approximate surface area is 116 Å². The van der Waals surface area contributed by atoms with E-state index in [-0.39, 0.29) is 0 Å². The van der Waals surface area contributed by atoms with E-state index in [1.165, 1.54) is 5.56 Å². The van der Waals surface area contributed by atoms with E-state index in [9.17, 15) is 0 Å². The molecule has 0 aromatic heterocycles. The highest BCUT2D eigenvalue weighted by Gasteiger charge is 2.09. The number of alkyl halides is 2. The second-order valence-corrected chi connectivity index (χ2v) is 5.34. The van der Waals surface area contributed by atoms with Gasteiger partial charge in [0.2, 0.25) is 0 Å². The van der Waals surface area contributed by atoms with Crippen molar-refractivity contribution in [2.45, 2.75) is 11.3 Å². The smallest absolute Gasteiger partial charge is 0.100 e. The van der Waals surface area contributed by atoms with Crippen molar-refractivity contribution < 1.29 is 0 Å². The summed E-state index contributed by atoms with van der Waals surface area (Å²) in [6.07, 6.45) is 0.809. The van der Waals surface area contributed by atoms with Crippen LogP contribution in [0.2, 0.25) is 5.02 Å². The molecule has 0 aliphatic rings. The van der Waals surface area contributed by atoms with E-state index in [0.717, 1.165) is 22.6 Å². The van der Waals surface area contributed by atoms with Gasteiger partial charge in [0.1, 0.15) is 4.84 Å². The lowest BCUT2D eigenvalue weighted by molar-refractivity contribution is 1.13. The molecule has 0 N–H and O–H groups in total. The van der Waals surface area contributed by atoms with E-state index < -0.39 is 4.84 Å². The molecule has 0 spiro atoms. The van der Waals surface area contributed by atoms with Crippen molar-refractivity contribution in [2.75, 3.05) is 0 Å². The molecule has 0 aliphatic carbocycles. The van der Waals surface area contributed by atoms with Gasteiger partial charge in [-0.2, -0.15) is 0 Å². The fraction of sp³-hybridized carbons (Fsp3) is 0.143. The van der Waals surface area contributed by atoms with Gasteiger partial charge in [0.15, 0.2) is 0 Å². The number of hydrogen-bond donors (Lipinski definition) is 0. The first kappa shape index (κ1) is 12.8. The molecule has 2 aromatic rings. The van der Waals surface area contributed by atoms with Crippen molar-refractivity contribution in [3.05, 3.63) is 70.2 Å². The second kappa shape index (κ2) is 5.77. The summed E-state index contributed by atoms with van der Waals surface area (Å²) >= 11 is 17.7. The van der Waals surface area contributed by atoms with Crippen molar-refractivity contribution in [1.29, 1.82) is 0 Å². The van der Waals surface area contributed by atoms with E-state index in [2.05, 4.69) is 0 Å². The molecule has 0 radical (unpaired) electrons. The third-order valence-electron chi connectivity index (χ3n) is 2.60. The van der Waals surface area contributed by atoms with E-state index in [1.807, 2.05) is 48.5 Å². The number of rotatable bonds is 3. The Bertz CT molecular complexity index is 489. The van der Waals surface area contributed by atoms with Crippen LogP contribution in [0.15, 0.2) is 48.5 Å². The molecule has 88 valence electrons. The highest BCUT2D eigenvalue weighted by Crippen LogP contribution is 2.29. The van der Waals surface area contributed by atoms with E-state index in [0.29, 0.717) is 0 Å². The van der Waals surface area contributed by atoms with E-state index in [1.54, 1.807) is 0 Å². The lowest BCUT2D eigenvalue weighted by atomic mass is 10.0. The third kappa shape index (κ3) is 3.38. The maximum Gasteiger partial charge on any atom is 0.133 e. The zero-order chi connectivity index (χ0) is 12.3. The summed E-state index contributed by atoms with van der Waals surface area (Å²) in [7, 11) is 0. The Morgan fingerprint density at radius 1 is 0.882 bits per heavy atom. The van der Waals surface area contributed by atoms with Gasteiger partial charge >= 0.3 is 0 Å². The van der Waals surface area contributed by atoms with Gasteiger partial charge in [-0.3, -0.25) is 0 Å². The van der Waals surface area contributed by atoms with Crippen LogP contribution in [-0.4, -0.2) is 0 Å². The average Bonchev–Trinajstić information content (AvgIpc) is 2.32. The molecular formula is C14H11Cl3. The molecule has 0 heterocycles. The van der Waals surface area contributed by atoms with Crippen LogP contribution in [-0.2, 0) is 6.42 Å². The maximum absolute atomic E-state index is 5.94. The Balaban J connectivity index is 2.26. The van der Waals surface area contributed by atoms with Crippen LogP contribution < -0.4 is 0 Å². The Morgan fingerprint density at radius 3 is 2.18 bits per heavy atom. The molecule has 0 atom stereocenters. The molecule has 0 saturated heterocycles. The fourth-order valence-electron chi connectivity index (χ4n) is 1.73. The summed E-state index contributed by atoms with van der Waals surface area (Å²) in [5.74, 6) is 0. The standard InChI is InChI=1S/C14H11Cl3/c15-12-7-5-10(6-8-12)9-11-3-1-2-4-13(11)14(16)17/h1-8,14H,9H2. The van der Waals surface area contributed by atoms with Crippen molar-refractivity contribution in [3.8, 4) is 0 Å². The van der Waals surface area contributed by atoms with Crippen LogP contribution in [0.25, 0.3) is 0 Å². The summed E-state index contributed by atoms with van der Waals surface area (Å²) < 4.78 is 0. The molecule has 0 saturated carbocycles. The fourth-order valence-corrected chi connectivity index (χ4v) is 2.28. The van der Waals surface area contributed by atoms with Gasteiger partial charge in [-0.05, 0) is 35.2 Å². The summed E-state index contributed by atoms with van der Waals surface area (Å²) in [6.45, 7) is 0. The topological polar surface area (TPSA) is 0 Å². The highest BCUT2D eigenvalue weighted by molar-refractivity contribution is 6.44. The van der Waals surface area contributed by atoms with Crippen LogP contribution in [0.5, 0.6) is 0 Å². The zero-order valence-corrected chi connectivity index (χ0v) is 11.3. The molecule has 0 aliphatic heterocycles. The predicted octanol–water partition coefficient (Wildman–Crippen LogP) is 5.41. The van der Waals surface area contributed by atoms with E-state index >= 15 is 0 Å². The molecule has 0 bridgehead atoms. The maximum atomic E-state index is 5.94. The van der Waals surface area contributed by atoms with Gasteiger partial charge in [0.05, 0.1) is 0 Å². The van der Waals surface area contributed by atoms with Crippen molar-refractivity contribution in [2.24, 2.45) is 0 Å². The minimum atomic E-state index is -0.487. The van der Waals surface area contributed by atoms with Crippen LogP contribution in [0, 0.1) is 0 Å². The summed E-state index contributed by atoms with van der Waals surface area (Å²) in [6, 6.07) is 15.7. The molecule has 17 heavy (non-hydrogen) atoms. The molecule has 3 heteroatoms. The number of benzene rings is 2. The zero-order valence-electron chi connectivity index (χ0n) is 9.04. The predicted molar refractivity (Wildman–Crippen MR) is 75.1 cm³/mol. The first-order valence-corrected chi connectivity index (χ1v) is 6.52. The average molecular weight is 286 g/mol. The summed E-state index contributed by atoms with van der Waals surface area (Å²) in [5.41, 5.74) is 3.30. The number of halogens is 3. The number of hydrogen-bond acceptors (Lipinski definition) is 0. The van der Waals surface area contributed by atoms with Crippen LogP contribution in [0.1, 0.15) is 21.5 Å². The lowest BCUT2D eigenvalue weighted by Gasteiger charge is -2.10. The van der Waals surface area contributed by atoms with Gasteiger partial charge in [0.25, 0.3) is 0 Å². The first-order valence-electron chi connectivity index (χ1n) is 5.27. The quantitative estimate of drug-likeness (QED) is 0.662. The van der Waals surface area contributed by atoms with Crippen LogP contribution >= 0.6 is 34.8 Å². The Hall–Kier alpha value is -0.690. The minimum Gasteiger partial charge on any atom is -0.100 e. The monoisotopic (exact) mass is 284 g/mol. The van der Waals surface area contributed by atoms with Gasteiger partial charge in [-0.1, -0.05) is 48.0 Å². The lowest BCUT2D eigenvalue weighted by Crippen LogP contribution is -1.94. The molecule has 0 nitrogen and oxygen atoms in total. The van der Waals surface area contributed by atoms with Gasteiger partial charge < -0.3 is 0 Å². The largest absolute Gasteiger partial charge is 0.133 e. The minimum absolute atomic E-state index is 0.487. The molecule has 2 rings (SSSR count). The second-order valence-electron chi connectivity index (χ2n) is 3.80. The molecule has 2 aromatic carbocycles. The van der Waals surface area contributed by atoms with Crippen molar-refractivity contribution >= 4 is 34.8 Å². The van der Waals surface area contributed by atoms with E-state index in [4.69, 9.17) is 34.8 Å². The Morgan fingerprint density at radius 2 is 1.53 bits per heavy atom. The highest BCUT2D eigenvalue weighted by atomic mass is 35.5. The third-order valence-corrected chi connectivity index (χ3v) is 3.32. The molecule has 0 unspecified atom stereocenters. The van der Waals surface area contributed by atoms with Crippen molar-refractivity contribution in [3.63, 3.8) is 0 Å². The normalized spacial score (nSPS) is 10.8. The molecular weight excluding hydrogens is 275 g/mol. The van der Waals surface area contributed by atoms with Crippen molar-refractivity contribution in [1.82, 2.24) is 0 Å². The summed E-state index contributed by atoms with van der Waals surface area (Å²) in [5, 5.41) is 0.745. The molecule has 0 fully saturated rings. The Kier molecular flexibility index (Phi) is 4.33. The summed E-state index contributed by atoms with van der Waals surface area (Å²) in [4.78, 5) is -0.487. The van der Waals surface area contributed by atoms with Crippen LogP contribution in [0.4, 0.5) is 0 Å². The SMILES string of the molecule is Clc1ccc(Cc2ccccc2C(Cl)Cl)cc1. The molecule has 0 amide bonds. The first-order chi connectivity index (χ1) is 8.16.